The Morgan fingerprint density at radius 2 is 1.50 bits per heavy atom. The molecular weight excluding hydrogens is 209 g/mol. The SMILES string of the molecule is CCN[Si](C)(CCC(F)(F)F)NCC. The lowest BCUT2D eigenvalue weighted by atomic mass is 10.5. The topological polar surface area (TPSA) is 24.1 Å². The highest BCUT2D eigenvalue weighted by Crippen LogP contribution is 2.24. The van der Waals surface area contributed by atoms with Gasteiger partial charge in [0.1, 0.15) is 0 Å². The monoisotopic (exact) mass is 228 g/mol. The van der Waals surface area contributed by atoms with Crippen LogP contribution in [0.1, 0.15) is 20.3 Å². The van der Waals surface area contributed by atoms with Gasteiger partial charge in [-0.25, -0.2) is 0 Å². The Morgan fingerprint density at radius 3 is 1.79 bits per heavy atom. The third kappa shape index (κ3) is 6.39. The number of nitrogens with one attached hydrogen (secondary N) is 2. The summed E-state index contributed by atoms with van der Waals surface area (Å²) >= 11 is 0. The highest BCUT2D eigenvalue weighted by Gasteiger charge is 2.34. The highest BCUT2D eigenvalue weighted by molar-refractivity contribution is 6.73. The Hall–Kier alpha value is -0.0731. The van der Waals surface area contributed by atoms with Gasteiger partial charge in [0.15, 0.2) is 8.40 Å². The Bertz CT molecular complexity index is 155. The second kappa shape index (κ2) is 5.72. The Balaban J connectivity index is 4.08. The molecule has 0 aromatic heterocycles. The molecule has 0 saturated carbocycles. The van der Waals surface area contributed by atoms with Crippen LogP contribution >= 0.6 is 0 Å². The van der Waals surface area contributed by atoms with E-state index in [1.54, 1.807) is 0 Å². The first-order valence-corrected chi connectivity index (χ1v) is 7.60. The molecule has 0 amide bonds. The van der Waals surface area contributed by atoms with Crippen molar-refractivity contribution in [1.82, 2.24) is 9.96 Å². The molecule has 0 heterocycles. The van der Waals surface area contributed by atoms with Crippen LogP contribution in [0.15, 0.2) is 0 Å². The van der Waals surface area contributed by atoms with Crippen molar-refractivity contribution in [3.8, 4) is 0 Å². The van der Waals surface area contributed by atoms with E-state index in [2.05, 4.69) is 9.96 Å². The van der Waals surface area contributed by atoms with Gasteiger partial charge >= 0.3 is 6.18 Å². The lowest BCUT2D eigenvalue weighted by Gasteiger charge is -2.28. The van der Waals surface area contributed by atoms with E-state index in [1.807, 2.05) is 20.4 Å². The molecule has 0 spiro atoms. The van der Waals surface area contributed by atoms with Crippen LogP contribution in [0.5, 0.6) is 0 Å². The molecule has 0 aliphatic rings. The van der Waals surface area contributed by atoms with Crippen molar-refractivity contribution >= 4 is 8.40 Å². The average Bonchev–Trinajstić information content (AvgIpc) is 2.01. The number of hydrogen-bond acceptors (Lipinski definition) is 2. The van der Waals surface area contributed by atoms with Gasteiger partial charge < -0.3 is 9.96 Å². The van der Waals surface area contributed by atoms with Crippen molar-refractivity contribution in [1.29, 1.82) is 0 Å². The van der Waals surface area contributed by atoms with Crippen molar-refractivity contribution in [3.63, 3.8) is 0 Å². The molecule has 0 rings (SSSR count). The maximum absolute atomic E-state index is 12.0. The van der Waals surface area contributed by atoms with Gasteiger partial charge in [0.2, 0.25) is 0 Å². The maximum Gasteiger partial charge on any atom is 0.388 e. The third-order valence-corrected chi connectivity index (χ3v) is 5.56. The number of halogens is 3. The van der Waals surface area contributed by atoms with E-state index in [0.717, 1.165) is 0 Å². The van der Waals surface area contributed by atoms with Crippen LogP contribution in [0, 0.1) is 0 Å². The van der Waals surface area contributed by atoms with Crippen LogP contribution in [0.3, 0.4) is 0 Å². The molecule has 6 heteroatoms. The van der Waals surface area contributed by atoms with Gasteiger partial charge in [-0.2, -0.15) is 13.2 Å². The summed E-state index contributed by atoms with van der Waals surface area (Å²) < 4.78 is 36.1. The summed E-state index contributed by atoms with van der Waals surface area (Å²) in [7, 11) is -2.08. The van der Waals surface area contributed by atoms with E-state index in [1.165, 1.54) is 0 Å². The van der Waals surface area contributed by atoms with Gasteiger partial charge in [0.25, 0.3) is 0 Å². The van der Waals surface area contributed by atoms with Crippen LogP contribution in [-0.4, -0.2) is 27.7 Å². The van der Waals surface area contributed by atoms with Crippen LogP contribution in [0.2, 0.25) is 12.6 Å². The van der Waals surface area contributed by atoms with Gasteiger partial charge in [-0.15, -0.1) is 0 Å². The molecular formula is C8H19F3N2Si. The van der Waals surface area contributed by atoms with Crippen LogP contribution in [-0.2, 0) is 0 Å². The van der Waals surface area contributed by atoms with Crippen molar-refractivity contribution in [2.45, 2.75) is 39.0 Å². The molecule has 2 nitrogen and oxygen atoms in total. The first-order valence-electron chi connectivity index (χ1n) is 4.90. The third-order valence-electron chi connectivity index (χ3n) is 2.04. The minimum atomic E-state index is -4.04. The number of rotatable bonds is 6. The molecule has 0 bridgehead atoms. The van der Waals surface area contributed by atoms with Crippen LogP contribution in [0.4, 0.5) is 13.2 Å². The lowest BCUT2D eigenvalue weighted by molar-refractivity contribution is -0.130. The van der Waals surface area contributed by atoms with Crippen LogP contribution < -0.4 is 9.96 Å². The molecule has 0 radical (unpaired) electrons. The summed E-state index contributed by atoms with van der Waals surface area (Å²) in [4.78, 5) is 6.32. The summed E-state index contributed by atoms with van der Waals surface area (Å²) in [6.07, 6.45) is -4.74. The minimum Gasteiger partial charge on any atom is -0.326 e. The van der Waals surface area contributed by atoms with E-state index in [9.17, 15) is 13.2 Å². The predicted octanol–water partition coefficient (Wildman–Crippen LogP) is 2.23. The molecule has 0 saturated heterocycles. The van der Waals surface area contributed by atoms with Gasteiger partial charge in [0, 0.05) is 6.42 Å². The fraction of sp³-hybridized carbons (Fsp3) is 1.00. The largest absolute Gasteiger partial charge is 0.388 e. The molecule has 0 atom stereocenters. The smallest absolute Gasteiger partial charge is 0.326 e. The normalized spacial score (nSPS) is 13.3. The molecule has 2 N–H and O–H groups in total. The highest BCUT2D eigenvalue weighted by atomic mass is 28.3. The molecule has 0 aliphatic carbocycles. The number of alkyl halides is 3. The van der Waals surface area contributed by atoms with E-state index in [0.29, 0.717) is 13.1 Å². The molecule has 0 aliphatic heterocycles. The van der Waals surface area contributed by atoms with Gasteiger partial charge in [-0.1, -0.05) is 13.8 Å². The molecule has 0 fully saturated rings. The number of hydrogen-bond donors (Lipinski definition) is 2. The fourth-order valence-corrected chi connectivity index (χ4v) is 4.23. The first kappa shape index (κ1) is 13.9. The molecule has 0 aromatic carbocycles. The second-order valence-corrected chi connectivity index (χ2v) is 7.38. The Morgan fingerprint density at radius 1 is 1.07 bits per heavy atom. The van der Waals surface area contributed by atoms with Crippen molar-refractivity contribution in [3.05, 3.63) is 0 Å². The van der Waals surface area contributed by atoms with Crippen LogP contribution in [0.25, 0.3) is 0 Å². The summed E-state index contributed by atoms with van der Waals surface area (Å²) in [6, 6.07) is 0.193. The van der Waals surface area contributed by atoms with E-state index < -0.39 is 21.0 Å². The zero-order valence-electron chi connectivity index (χ0n) is 8.96. The first-order chi connectivity index (χ1) is 6.33. The van der Waals surface area contributed by atoms with Crippen molar-refractivity contribution in [2.24, 2.45) is 0 Å². The molecule has 14 heavy (non-hydrogen) atoms. The minimum absolute atomic E-state index is 0.193. The summed E-state index contributed by atoms with van der Waals surface area (Å²) in [5, 5.41) is 0. The maximum atomic E-state index is 12.0. The van der Waals surface area contributed by atoms with E-state index in [4.69, 9.17) is 0 Å². The summed E-state index contributed by atoms with van der Waals surface area (Å²) in [6.45, 7) is 7.15. The lowest BCUT2D eigenvalue weighted by Crippen LogP contribution is -2.60. The second-order valence-electron chi connectivity index (χ2n) is 3.51. The fourth-order valence-electron chi connectivity index (χ4n) is 1.41. The van der Waals surface area contributed by atoms with E-state index >= 15 is 0 Å². The molecule has 0 aromatic rings. The summed E-state index contributed by atoms with van der Waals surface area (Å²) in [5.74, 6) is 0. The zero-order valence-corrected chi connectivity index (χ0v) is 9.96. The average molecular weight is 228 g/mol. The summed E-state index contributed by atoms with van der Waals surface area (Å²) in [5.41, 5.74) is 0. The molecule has 86 valence electrons. The Kier molecular flexibility index (Phi) is 5.69. The van der Waals surface area contributed by atoms with Crippen molar-refractivity contribution in [2.75, 3.05) is 13.1 Å². The quantitative estimate of drug-likeness (QED) is 0.681. The standard InChI is InChI=1S/C8H19F3N2Si/c1-4-12-14(3,13-5-2)7-6-8(9,10)11/h12-13H,4-7H2,1-3H3. The zero-order chi connectivity index (χ0) is 11.2. The van der Waals surface area contributed by atoms with Gasteiger partial charge in [-0.3, -0.25) is 0 Å². The van der Waals surface area contributed by atoms with Gasteiger partial charge in [0.05, 0.1) is 0 Å². The van der Waals surface area contributed by atoms with Crippen molar-refractivity contribution < 1.29 is 13.2 Å². The predicted molar refractivity (Wildman–Crippen MR) is 54.5 cm³/mol. The van der Waals surface area contributed by atoms with Gasteiger partial charge in [-0.05, 0) is 25.7 Å². The Labute approximate surface area is 84.4 Å². The molecule has 0 unspecified atom stereocenters. The van der Waals surface area contributed by atoms with E-state index in [-0.39, 0.29) is 6.04 Å².